The zero-order valence-electron chi connectivity index (χ0n) is 10.9. The molecular weight excluding hydrogens is 276 g/mol. The molecular formula is C15H21BrO. The van der Waals surface area contributed by atoms with Crippen LogP contribution in [-0.4, -0.2) is 6.10 Å². The first-order valence-corrected chi connectivity index (χ1v) is 7.45. The topological polar surface area (TPSA) is 9.23 Å². The quantitative estimate of drug-likeness (QED) is 0.720. The molecule has 0 aliphatic carbocycles. The lowest BCUT2D eigenvalue weighted by Crippen LogP contribution is -2.05. The van der Waals surface area contributed by atoms with Gasteiger partial charge >= 0.3 is 0 Å². The molecule has 0 N–H and O–H groups in total. The van der Waals surface area contributed by atoms with Crippen LogP contribution < -0.4 is 4.74 Å². The van der Waals surface area contributed by atoms with Crippen LogP contribution in [0.4, 0.5) is 0 Å². The number of hydrogen-bond acceptors (Lipinski definition) is 1. The summed E-state index contributed by atoms with van der Waals surface area (Å²) in [5, 5.41) is 0. The Morgan fingerprint density at radius 3 is 2.94 bits per heavy atom. The van der Waals surface area contributed by atoms with Gasteiger partial charge in [-0.25, -0.2) is 0 Å². The van der Waals surface area contributed by atoms with Crippen LogP contribution >= 0.6 is 15.9 Å². The normalized spacial score (nSPS) is 21.8. The van der Waals surface area contributed by atoms with Gasteiger partial charge in [0.2, 0.25) is 0 Å². The maximum absolute atomic E-state index is 5.73. The summed E-state index contributed by atoms with van der Waals surface area (Å²) >= 11 is 3.81. The highest BCUT2D eigenvalue weighted by Crippen LogP contribution is 2.36. The molecule has 0 saturated carbocycles. The third-order valence-electron chi connectivity index (χ3n) is 3.59. The Bertz CT molecular complexity index is 389. The van der Waals surface area contributed by atoms with Gasteiger partial charge in [0.05, 0.1) is 0 Å². The number of halogens is 1. The first kappa shape index (κ1) is 12.9. The minimum atomic E-state index is 0.337. The van der Waals surface area contributed by atoms with E-state index in [2.05, 4.69) is 54.9 Å². The third kappa shape index (κ3) is 3.04. The molecule has 1 nitrogen and oxygen atoms in total. The Hall–Kier alpha value is -0.500. The molecule has 0 saturated heterocycles. The van der Waals surface area contributed by atoms with Gasteiger partial charge in [-0.1, -0.05) is 48.3 Å². The number of fused-ring (bicyclic) bond motifs is 1. The van der Waals surface area contributed by atoms with Crippen molar-refractivity contribution in [3.63, 3.8) is 0 Å². The van der Waals surface area contributed by atoms with Crippen molar-refractivity contribution in [2.24, 2.45) is 5.92 Å². The summed E-state index contributed by atoms with van der Waals surface area (Å²) in [7, 11) is 0. The Morgan fingerprint density at radius 2 is 2.24 bits per heavy atom. The molecule has 2 heteroatoms. The molecule has 94 valence electrons. The van der Waals surface area contributed by atoms with Gasteiger partial charge in [0.15, 0.2) is 0 Å². The minimum Gasteiger partial charge on any atom is -0.490 e. The van der Waals surface area contributed by atoms with Gasteiger partial charge in [-0.05, 0) is 36.5 Å². The summed E-state index contributed by atoms with van der Waals surface area (Å²) < 4.78 is 5.73. The van der Waals surface area contributed by atoms with Crippen molar-refractivity contribution in [3.8, 4) is 5.75 Å². The fourth-order valence-electron chi connectivity index (χ4n) is 2.29. The summed E-state index contributed by atoms with van der Waals surface area (Å²) in [6.07, 6.45) is 3.83. The molecule has 3 unspecified atom stereocenters. The van der Waals surface area contributed by atoms with E-state index in [1.165, 1.54) is 24.0 Å². The van der Waals surface area contributed by atoms with Crippen molar-refractivity contribution in [2.45, 2.75) is 51.0 Å². The lowest BCUT2D eigenvalue weighted by atomic mass is 9.97. The fraction of sp³-hybridized carbons (Fsp3) is 0.600. The summed E-state index contributed by atoms with van der Waals surface area (Å²) in [5.41, 5.74) is 2.75. The molecule has 0 bridgehead atoms. The molecule has 2 rings (SSSR count). The van der Waals surface area contributed by atoms with Gasteiger partial charge in [-0.3, -0.25) is 0 Å². The second-order valence-electron chi connectivity index (χ2n) is 5.22. The van der Waals surface area contributed by atoms with Crippen LogP contribution in [0.25, 0.3) is 0 Å². The van der Waals surface area contributed by atoms with Crippen molar-refractivity contribution < 1.29 is 4.74 Å². The number of alkyl halides is 1. The van der Waals surface area contributed by atoms with Gasteiger partial charge in [0.25, 0.3) is 0 Å². The van der Waals surface area contributed by atoms with Crippen molar-refractivity contribution >= 4 is 15.9 Å². The monoisotopic (exact) mass is 296 g/mol. The lowest BCUT2D eigenvalue weighted by Gasteiger charge is -2.15. The molecule has 0 spiro atoms. The van der Waals surface area contributed by atoms with E-state index in [0.717, 1.165) is 18.1 Å². The Labute approximate surface area is 113 Å². The van der Waals surface area contributed by atoms with E-state index in [1.807, 2.05) is 0 Å². The van der Waals surface area contributed by atoms with E-state index in [9.17, 15) is 0 Å². The van der Waals surface area contributed by atoms with Crippen molar-refractivity contribution in [3.05, 3.63) is 29.3 Å². The van der Waals surface area contributed by atoms with Crippen LogP contribution in [0.5, 0.6) is 5.75 Å². The van der Waals surface area contributed by atoms with Gasteiger partial charge in [-0.15, -0.1) is 0 Å². The van der Waals surface area contributed by atoms with Crippen LogP contribution in [0.1, 0.15) is 49.6 Å². The molecule has 0 radical (unpaired) electrons. The van der Waals surface area contributed by atoms with Gasteiger partial charge in [0, 0.05) is 11.2 Å². The molecule has 0 amide bonds. The van der Waals surface area contributed by atoms with E-state index in [4.69, 9.17) is 4.74 Å². The number of rotatable bonds is 4. The smallest absolute Gasteiger partial charge is 0.123 e. The highest BCUT2D eigenvalue weighted by molar-refractivity contribution is 9.09. The molecule has 1 aliphatic heterocycles. The predicted octanol–water partition coefficient (Wildman–Crippen LogP) is 4.88. The van der Waals surface area contributed by atoms with Crippen LogP contribution in [0, 0.1) is 5.92 Å². The highest BCUT2D eigenvalue weighted by atomic mass is 79.9. The van der Waals surface area contributed by atoms with Crippen LogP contribution in [-0.2, 0) is 6.42 Å². The fourth-order valence-corrected chi connectivity index (χ4v) is 3.22. The minimum absolute atomic E-state index is 0.337. The van der Waals surface area contributed by atoms with Crippen LogP contribution in [0.15, 0.2) is 18.2 Å². The first-order valence-electron chi connectivity index (χ1n) is 6.53. The molecule has 17 heavy (non-hydrogen) atoms. The Morgan fingerprint density at radius 1 is 1.47 bits per heavy atom. The maximum Gasteiger partial charge on any atom is 0.123 e. The SMILES string of the molecule is CCC(C)CC(Br)c1ccc2c(c1)CC(C)O2. The van der Waals surface area contributed by atoms with Crippen LogP contribution in [0.3, 0.4) is 0 Å². The van der Waals surface area contributed by atoms with Crippen molar-refractivity contribution in [1.82, 2.24) is 0 Å². The molecule has 1 aliphatic rings. The van der Waals surface area contributed by atoms with E-state index in [1.54, 1.807) is 0 Å². The van der Waals surface area contributed by atoms with E-state index in [-0.39, 0.29) is 0 Å². The molecule has 1 heterocycles. The maximum atomic E-state index is 5.73. The first-order chi connectivity index (χ1) is 8.10. The lowest BCUT2D eigenvalue weighted by molar-refractivity contribution is 0.254. The zero-order valence-corrected chi connectivity index (χ0v) is 12.5. The molecule has 1 aromatic rings. The van der Waals surface area contributed by atoms with E-state index < -0.39 is 0 Å². The van der Waals surface area contributed by atoms with Gasteiger partial charge in [-0.2, -0.15) is 0 Å². The summed E-state index contributed by atoms with van der Waals surface area (Å²) in [6, 6.07) is 6.62. The number of hydrogen-bond donors (Lipinski definition) is 0. The molecule has 0 aromatic heterocycles. The summed E-state index contributed by atoms with van der Waals surface area (Å²) in [6.45, 7) is 6.69. The Balaban J connectivity index is 2.10. The van der Waals surface area contributed by atoms with Gasteiger partial charge in [0.1, 0.15) is 11.9 Å². The van der Waals surface area contributed by atoms with E-state index in [0.29, 0.717) is 10.9 Å². The predicted molar refractivity (Wildman–Crippen MR) is 76.0 cm³/mol. The number of ether oxygens (including phenoxy) is 1. The van der Waals surface area contributed by atoms with Crippen LogP contribution in [0.2, 0.25) is 0 Å². The molecule has 0 fully saturated rings. The second kappa shape index (κ2) is 5.43. The van der Waals surface area contributed by atoms with Crippen molar-refractivity contribution in [2.75, 3.05) is 0 Å². The third-order valence-corrected chi connectivity index (χ3v) is 4.49. The zero-order chi connectivity index (χ0) is 12.4. The largest absolute Gasteiger partial charge is 0.490 e. The van der Waals surface area contributed by atoms with Gasteiger partial charge < -0.3 is 4.74 Å². The summed E-state index contributed by atoms with van der Waals surface area (Å²) in [4.78, 5) is 0.471. The van der Waals surface area contributed by atoms with E-state index >= 15 is 0 Å². The molecule has 1 aromatic carbocycles. The average Bonchev–Trinajstić information content (AvgIpc) is 2.67. The number of benzene rings is 1. The highest BCUT2D eigenvalue weighted by Gasteiger charge is 2.20. The Kier molecular flexibility index (Phi) is 4.13. The van der Waals surface area contributed by atoms with Crippen molar-refractivity contribution in [1.29, 1.82) is 0 Å². The summed E-state index contributed by atoms with van der Waals surface area (Å²) in [5.74, 6) is 1.84. The standard InChI is InChI=1S/C15H21BrO/c1-4-10(2)7-14(16)12-5-6-15-13(9-12)8-11(3)17-15/h5-6,9-11,14H,4,7-8H2,1-3H3. The average molecular weight is 297 g/mol. The molecule has 3 atom stereocenters. The second-order valence-corrected chi connectivity index (χ2v) is 6.32.